The fourth-order valence-electron chi connectivity index (χ4n) is 1.78. The van der Waals surface area contributed by atoms with E-state index in [9.17, 15) is 14.4 Å². The molecule has 0 saturated heterocycles. The summed E-state index contributed by atoms with van der Waals surface area (Å²) in [6, 6.07) is 0. The molecule has 0 radical (unpaired) electrons. The zero-order valence-corrected chi connectivity index (χ0v) is 12.8. The maximum Gasteiger partial charge on any atom is 0.328 e. The summed E-state index contributed by atoms with van der Waals surface area (Å²) in [5.41, 5.74) is -0.449. The Labute approximate surface area is 124 Å². The number of aryl methyl sites for hydroxylation is 3. The van der Waals surface area contributed by atoms with Crippen molar-refractivity contribution in [1.82, 2.24) is 19.9 Å². The number of hydrogen-bond donors (Lipinski definition) is 2. The number of hydrogen-bond acceptors (Lipinski definition) is 5. The maximum absolute atomic E-state index is 12.0. The van der Waals surface area contributed by atoms with Gasteiger partial charge in [0.15, 0.2) is 0 Å². The van der Waals surface area contributed by atoms with E-state index in [0.717, 1.165) is 26.6 Å². The van der Waals surface area contributed by atoms with E-state index in [1.165, 1.54) is 24.6 Å². The Kier molecular flexibility index (Phi) is 4.37. The zero-order chi connectivity index (χ0) is 15.6. The molecule has 2 rings (SSSR count). The molecule has 2 N–H and O–H groups in total. The number of amides is 1. The topological polar surface area (TPSA) is 96.8 Å². The molecule has 0 atom stereocenters. The van der Waals surface area contributed by atoms with Crippen molar-refractivity contribution in [2.45, 2.75) is 26.8 Å². The third-order valence-corrected chi connectivity index (χ3v) is 4.30. The Hall–Kier alpha value is -2.22. The van der Waals surface area contributed by atoms with Gasteiger partial charge in [0, 0.05) is 18.1 Å². The number of carbonyl (C=O) groups excluding carboxylic acids is 1. The molecule has 112 valence electrons. The maximum atomic E-state index is 12.0. The molecule has 2 aromatic heterocycles. The van der Waals surface area contributed by atoms with E-state index in [4.69, 9.17) is 0 Å². The lowest BCUT2D eigenvalue weighted by Crippen LogP contribution is -2.35. The predicted molar refractivity (Wildman–Crippen MR) is 79.7 cm³/mol. The summed E-state index contributed by atoms with van der Waals surface area (Å²) in [6.07, 6.45) is 2.08. The van der Waals surface area contributed by atoms with Crippen molar-refractivity contribution in [1.29, 1.82) is 0 Å². The van der Waals surface area contributed by atoms with E-state index >= 15 is 0 Å². The minimum absolute atomic E-state index is 0.0880. The molecular weight excluding hydrogens is 292 g/mol. The molecule has 0 spiro atoms. The summed E-state index contributed by atoms with van der Waals surface area (Å²) < 4.78 is 1.16. The molecule has 2 heterocycles. The minimum Gasteiger partial charge on any atom is -0.347 e. The Balaban J connectivity index is 2.15. The van der Waals surface area contributed by atoms with Crippen LogP contribution in [0.3, 0.4) is 0 Å². The minimum atomic E-state index is -0.689. The van der Waals surface area contributed by atoms with Crippen LogP contribution in [0, 0.1) is 6.92 Å². The first-order valence-corrected chi connectivity index (χ1v) is 7.27. The van der Waals surface area contributed by atoms with Crippen LogP contribution < -0.4 is 16.6 Å². The van der Waals surface area contributed by atoms with E-state index in [1.54, 1.807) is 0 Å². The van der Waals surface area contributed by atoms with E-state index in [-0.39, 0.29) is 5.56 Å². The lowest BCUT2D eigenvalue weighted by molar-refractivity contribution is 0.0948. The van der Waals surface area contributed by atoms with Gasteiger partial charge >= 0.3 is 5.69 Å². The van der Waals surface area contributed by atoms with Crippen LogP contribution in [0.25, 0.3) is 0 Å². The van der Waals surface area contributed by atoms with Gasteiger partial charge < -0.3 is 9.88 Å². The normalized spacial score (nSPS) is 10.6. The Morgan fingerprint density at radius 3 is 2.81 bits per heavy atom. The molecular formula is C13H16N4O3S. The second kappa shape index (κ2) is 6.04. The predicted octanol–water partition coefficient (Wildman–Crippen LogP) is 0.331. The summed E-state index contributed by atoms with van der Waals surface area (Å²) in [5, 5.41) is 3.69. The van der Waals surface area contributed by atoms with E-state index < -0.39 is 17.2 Å². The van der Waals surface area contributed by atoms with Crippen LogP contribution in [0.5, 0.6) is 0 Å². The van der Waals surface area contributed by atoms with Crippen LogP contribution in [0.2, 0.25) is 0 Å². The van der Waals surface area contributed by atoms with Crippen molar-refractivity contribution in [2.24, 2.45) is 7.05 Å². The first-order valence-electron chi connectivity index (χ1n) is 6.45. The van der Waals surface area contributed by atoms with Gasteiger partial charge in [-0.1, -0.05) is 6.92 Å². The number of nitrogens with zero attached hydrogens (tertiary/aromatic N) is 2. The fraction of sp³-hybridized carbons (Fsp3) is 0.385. The number of aromatic nitrogens is 3. The summed E-state index contributed by atoms with van der Waals surface area (Å²) in [6.45, 7) is 4.21. The Morgan fingerprint density at radius 2 is 2.19 bits per heavy atom. The van der Waals surface area contributed by atoms with Crippen LogP contribution in [0.1, 0.15) is 32.9 Å². The molecule has 0 unspecified atom stereocenters. The second-order valence-electron chi connectivity index (χ2n) is 4.57. The molecule has 0 aliphatic carbocycles. The molecule has 21 heavy (non-hydrogen) atoms. The molecule has 1 amide bonds. The van der Waals surface area contributed by atoms with Crippen molar-refractivity contribution < 1.29 is 4.79 Å². The quantitative estimate of drug-likeness (QED) is 0.850. The average Bonchev–Trinajstić information content (AvgIpc) is 2.80. The molecule has 0 aliphatic heterocycles. The summed E-state index contributed by atoms with van der Waals surface area (Å²) in [7, 11) is 1.47. The van der Waals surface area contributed by atoms with Gasteiger partial charge in [-0.15, -0.1) is 11.3 Å². The van der Waals surface area contributed by atoms with E-state index in [1.807, 2.05) is 13.8 Å². The number of rotatable bonds is 4. The van der Waals surface area contributed by atoms with Gasteiger partial charge in [0.05, 0.1) is 17.2 Å². The monoisotopic (exact) mass is 308 g/mol. The molecule has 0 saturated carbocycles. The SMILES string of the molecule is CCc1nc(C)c(CNC(=O)c2cn(C)c(=O)[nH]c2=O)s1. The molecule has 2 aromatic rings. The van der Waals surface area contributed by atoms with Crippen LogP contribution in [-0.4, -0.2) is 20.4 Å². The van der Waals surface area contributed by atoms with Gasteiger partial charge in [-0.2, -0.15) is 0 Å². The summed E-state index contributed by atoms with van der Waals surface area (Å²) in [5.74, 6) is -0.516. The Morgan fingerprint density at radius 1 is 1.48 bits per heavy atom. The smallest absolute Gasteiger partial charge is 0.328 e. The van der Waals surface area contributed by atoms with Crippen LogP contribution in [-0.2, 0) is 20.0 Å². The fourth-order valence-corrected chi connectivity index (χ4v) is 2.73. The number of H-pyrrole nitrogens is 1. The summed E-state index contributed by atoms with van der Waals surface area (Å²) >= 11 is 1.54. The first-order chi connectivity index (χ1) is 9.92. The molecule has 8 heteroatoms. The van der Waals surface area contributed by atoms with Gasteiger partial charge in [0.2, 0.25) is 0 Å². The highest BCUT2D eigenvalue weighted by Gasteiger charge is 2.13. The number of nitrogens with one attached hydrogen (secondary N) is 2. The van der Waals surface area contributed by atoms with Crippen molar-refractivity contribution in [3.8, 4) is 0 Å². The molecule has 0 bridgehead atoms. The highest BCUT2D eigenvalue weighted by molar-refractivity contribution is 7.11. The second-order valence-corrected chi connectivity index (χ2v) is 5.73. The molecule has 7 nitrogen and oxygen atoms in total. The lowest BCUT2D eigenvalue weighted by Gasteiger charge is -2.04. The third-order valence-electron chi connectivity index (χ3n) is 3.00. The zero-order valence-electron chi connectivity index (χ0n) is 12.0. The van der Waals surface area contributed by atoms with Crippen molar-refractivity contribution in [3.63, 3.8) is 0 Å². The average molecular weight is 308 g/mol. The summed E-state index contributed by atoms with van der Waals surface area (Å²) in [4.78, 5) is 42.3. The number of aromatic amines is 1. The highest BCUT2D eigenvalue weighted by Crippen LogP contribution is 2.18. The van der Waals surface area contributed by atoms with Crippen LogP contribution in [0.4, 0.5) is 0 Å². The third kappa shape index (κ3) is 3.27. The van der Waals surface area contributed by atoms with Crippen LogP contribution >= 0.6 is 11.3 Å². The van der Waals surface area contributed by atoms with Gasteiger partial charge in [-0.25, -0.2) is 9.78 Å². The van der Waals surface area contributed by atoms with Crippen LogP contribution in [0.15, 0.2) is 15.8 Å². The van der Waals surface area contributed by atoms with E-state index in [2.05, 4.69) is 15.3 Å². The highest BCUT2D eigenvalue weighted by atomic mass is 32.1. The van der Waals surface area contributed by atoms with Crippen molar-refractivity contribution >= 4 is 17.2 Å². The molecule has 0 aromatic carbocycles. The van der Waals surface area contributed by atoms with Gasteiger partial charge in [0.1, 0.15) is 5.56 Å². The molecule has 0 aliphatic rings. The Bertz CT molecular complexity index is 787. The largest absolute Gasteiger partial charge is 0.347 e. The van der Waals surface area contributed by atoms with Gasteiger partial charge in [-0.3, -0.25) is 14.6 Å². The van der Waals surface area contributed by atoms with Crippen molar-refractivity contribution in [3.05, 3.63) is 48.2 Å². The van der Waals surface area contributed by atoms with Gasteiger partial charge in [-0.05, 0) is 13.3 Å². The number of carbonyl (C=O) groups is 1. The van der Waals surface area contributed by atoms with E-state index in [0.29, 0.717) is 6.54 Å². The van der Waals surface area contributed by atoms with Gasteiger partial charge in [0.25, 0.3) is 11.5 Å². The van der Waals surface area contributed by atoms with Crippen molar-refractivity contribution in [2.75, 3.05) is 0 Å². The molecule has 0 fully saturated rings. The number of thiazole rings is 1. The lowest BCUT2D eigenvalue weighted by atomic mass is 10.3. The first kappa shape index (κ1) is 15.2. The standard InChI is InChI=1S/C13H16N4O3S/c1-4-10-15-7(2)9(21-10)5-14-11(18)8-6-17(3)13(20)16-12(8)19/h6H,4-5H2,1-3H3,(H,14,18)(H,16,19,20).